The number of alkyl halides is 2. The number of ether oxygens (including phenoxy) is 2. The zero-order chi connectivity index (χ0) is 19.5. The molecule has 0 aliphatic rings. The van der Waals surface area contributed by atoms with Crippen LogP contribution in [0.3, 0.4) is 0 Å². The van der Waals surface area contributed by atoms with Gasteiger partial charge in [0.1, 0.15) is 0 Å². The van der Waals surface area contributed by atoms with E-state index in [0.717, 1.165) is 0 Å². The first-order valence-electron chi connectivity index (χ1n) is 7.88. The molecule has 3 aromatic heterocycles. The molecule has 1 aromatic carbocycles. The van der Waals surface area contributed by atoms with Crippen LogP contribution in [0.1, 0.15) is 5.89 Å². The SMILES string of the molecule is COc1cc(-c2noc(CSc3nc4ncccn4n3)n2)ccc1OC(F)F. The molecule has 144 valence electrons. The standard InChI is InChI=1S/C16H12F2N6O3S/c1-25-11-7-9(3-4-10(11)26-14(17)18)13-20-12(27-23-13)8-28-16-21-15-19-5-2-6-24(15)22-16/h2-7,14H,8H2,1H3. The smallest absolute Gasteiger partial charge is 0.387 e. The Bertz CT molecular complexity index is 1070. The Morgan fingerprint density at radius 3 is 2.93 bits per heavy atom. The summed E-state index contributed by atoms with van der Waals surface area (Å²) < 4.78 is 41.1. The lowest BCUT2D eigenvalue weighted by Crippen LogP contribution is -2.03. The van der Waals surface area contributed by atoms with E-state index >= 15 is 0 Å². The highest BCUT2D eigenvalue weighted by Crippen LogP contribution is 2.32. The van der Waals surface area contributed by atoms with E-state index in [1.54, 1.807) is 23.0 Å². The molecule has 0 spiro atoms. The van der Waals surface area contributed by atoms with Crippen LogP contribution in [-0.4, -0.2) is 43.4 Å². The summed E-state index contributed by atoms with van der Waals surface area (Å²) in [4.78, 5) is 12.7. The lowest BCUT2D eigenvalue weighted by atomic mass is 10.2. The topological polar surface area (TPSA) is 100 Å². The summed E-state index contributed by atoms with van der Waals surface area (Å²) in [7, 11) is 1.35. The van der Waals surface area contributed by atoms with Crippen molar-refractivity contribution in [2.24, 2.45) is 0 Å². The summed E-state index contributed by atoms with van der Waals surface area (Å²) >= 11 is 1.32. The van der Waals surface area contributed by atoms with Gasteiger partial charge in [0.05, 0.1) is 12.9 Å². The fourth-order valence-corrected chi connectivity index (χ4v) is 2.99. The average molecular weight is 406 g/mol. The molecule has 0 saturated heterocycles. The van der Waals surface area contributed by atoms with Crippen molar-refractivity contribution in [3.05, 3.63) is 42.5 Å². The monoisotopic (exact) mass is 406 g/mol. The summed E-state index contributed by atoms with van der Waals surface area (Å²) in [5, 5.41) is 8.70. The number of nitrogens with zero attached hydrogens (tertiary/aromatic N) is 6. The van der Waals surface area contributed by atoms with Crippen LogP contribution >= 0.6 is 11.8 Å². The maximum Gasteiger partial charge on any atom is 0.387 e. The molecule has 0 fully saturated rings. The summed E-state index contributed by atoms with van der Waals surface area (Å²) in [6, 6.07) is 6.15. The summed E-state index contributed by atoms with van der Waals surface area (Å²) in [6.07, 6.45) is 3.38. The quantitative estimate of drug-likeness (QED) is 0.429. The van der Waals surface area contributed by atoms with Gasteiger partial charge in [-0.3, -0.25) is 0 Å². The molecule has 4 aromatic rings. The predicted octanol–water partition coefficient (Wildman–Crippen LogP) is 3.08. The van der Waals surface area contributed by atoms with Crippen LogP contribution in [0.25, 0.3) is 17.2 Å². The Morgan fingerprint density at radius 2 is 2.14 bits per heavy atom. The highest BCUT2D eigenvalue weighted by molar-refractivity contribution is 7.98. The molecule has 0 aliphatic carbocycles. The molecule has 0 radical (unpaired) electrons. The summed E-state index contributed by atoms with van der Waals surface area (Å²) in [6.45, 7) is -2.95. The molecule has 0 atom stereocenters. The minimum atomic E-state index is -2.95. The molecule has 3 heterocycles. The molecule has 0 aliphatic heterocycles. The number of benzene rings is 1. The maximum absolute atomic E-state index is 12.4. The number of fused-ring (bicyclic) bond motifs is 1. The molecule has 0 amide bonds. The highest BCUT2D eigenvalue weighted by Gasteiger charge is 2.15. The lowest BCUT2D eigenvalue weighted by molar-refractivity contribution is -0.0512. The number of hydrogen-bond acceptors (Lipinski definition) is 9. The van der Waals surface area contributed by atoms with Crippen LogP contribution in [0.2, 0.25) is 0 Å². The normalized spacial score (nSPS) is 11.3. The zero-order valence-electron chi connectivity index (χ0n) is 14.3. The van der Waals surface area contributed by atoms with Crippen molar-refractivity contribution < 1.29 is 22.8 Å². The third kappa shape index (κ3) is 3.86. The van der Waals surface area contributed by atoms with E-state index in [2.05, 4.69) is 29.9 Å². The van der Waals surface area contributed by atoms with Gasteiger partial charge in [0.15, 0.2) is 11.5 Å². The van der Waals surface area contributed by atoms with Crippen molar-refractivity contribution in [1.82, 2.24) is 29.7 Å². The van der Waals surface area contributed by atoms with Gasteiger partial charge < -0.3 is 14.0 Å². The Kier molecular flexibility index (Phi) is 5.02. The average Bonchev–Trinajstić information content (AvgIpc) is 3.32. The van der Waals surface area contributed by atoms with E-state index < -0.39 is 6.61 Å². The maximum atomic E-state index is 12.4. The third-order valence-corrected chi connectivity index (χ3v) is 4.35. The van der Waals surface area contributed by atoms with Crippen LogP contribution in [0.15, 0.2) is 46.3 Å². The van der Waals surface area contributed by atoms with Crippen molar-refractivity contribution in [3.63, 3.8) is 0 Å². The minimum Gasteiger partial charge on any atom is -0.493 e. The van der Waals surface area contributed by atoms with Gasteiger partial charge in [-0.1, -0.05) is 16.9 Å². The van der Waals surface area contributed by atoms with E-state index in [0.29, 0.717) is 34.0 Å². The molecular weight excluding hydrogens is 394 g/mol. The van der Waals surface area contributed by atoms with Crippen molar-refractivity contribution in [3.8, 4) is 22.9 Å². The zero-order valence-corrected chi connectivity index (χ0v) is 15.1. The molecule has 0 unspecified atom stereocenters. The second-order valence-electron chi connectivity index (χ2n) is 5.30. The van der Waals surface area contributed by atoms with E-state index in [1.165, 1.54) is 37.1 Å². The van der Waals surface area contributed by atoms with Gasteiger partial charge in [-0.25, -0.2) is 9.50 Å². The van der Waals surface area contributed by atoms with Gasteiger partial charge in [0.2, 0.25) is 16.9 Å². The largest absolute Gasteiger partial charge is 0.493 e. The number of thioether (sulfide) groups is 1. The van der Waals surface area contributed by atoms with E-state index in [-0.39, 0.29) is 11.5 Å². The highest BCUT2D eigenvalue weighted by atomic mass is 32.2. The molecular formula is C16H12F2N6O3S. The molecule has 12 heteroatoms. The number of methoxy groups -OCH3 is 1. The van der Waals surface area contributed by atoms with Gasteiger partial charge in [-0.15, -0.1) is 5.10 Å². The van der Waals surface area contributed by atoms with E-state index in [4.69, 9.17) is 9.26 Å². The lowest BCUT2D eigenvalue weighted by Gasteiger charge is -2.10. The fraction of sp³-hybridized carbons (Fsp3) is 0.188. The van der Waals surface area contributed by atoms with Gasteiger partial charge in [-0.2, -0.15) is 18.7 Å². The van der Waals surface area contributed by atoms with Crippen LogP contribution in [0, 0.1) is 0 Å². The van der Waals surface area contributed by atoms with Crippen molar-refractivity contribution in [2.45, 2.75) is 17.5 Å². The van der Waals surface area contributed by atoms with Gasteiger partial charge >= 0.3 is 6.61 Å². The van der Waals surface area contributed by atoms with Crippen molar-refractivity contribution >= 4 is 17.5 Å². The second kappa shape index (κ2) is 7.76. The molecule has 9 nitrogen and oxygen atoms in total. The second-order valence-corrected chi connectivity index (χ2v) is 6.25. The van der Waals surface area contributed by atoms with Crippen molar-refractivity contribution in [1.29, 1.82) is 0 Å². The Morgan fingerprint density at radius 1 is 1.25 bits per heavy atom. The third-order valence-electron chi connectivity index (χ3n) is 3.53. The Balaban J connectivity index is 1.47. The molecule has 0 N–H and O–H groups in total. The first-order valence-corrected chi connectivity index (χ1v) is 8.87. The first kappa shape index (κ1) is 18.1. The van der Waals surface area contributed by atoms with E-state index in [9.17, 15) is 8.78 Å². The van der Waals surface area contributed by atoms with Crippen LogP contribution in [0.5, 0.6) is 11.5 Å². The molecule has 0 bridgehead atoms. The van der Waals surface area contributed by atoms with Crippen LogP contribution < -0.4 is 9.47 Å². The number of rotatable bonds is 7. The number of aromatic nitrogens is 6. The fourth-order valence-electron chi connectivity index (χ4n) is 2.33. The van der Waals surface area contributed by atoms with Gasteiger partial charge in [0.25, 0.3) is 5.78 Å². The van der Waals surface area contributed by atoms with Crippen molar-refractivity contribution in [2.75, 3.05) is 7.11 Å². The van der Waals surface area contributed by atoms with Gasteiger partial charge in [-0.05, 0) is 24.3 Å². The first-order chi connectivity index (χ1) is 13.6. The number of hydrogen-bond donors (Lipinski definition) is 0. The van der Waals surface area contributed by atoms with Gasteiger partial charge in [0, 0.05) is 18.0 Å². The Hall–Kier alpha value is -3.28. The minimum absolute atomic E-state index is 0.0768. The van der Waals surface area contributed by atoms with Crippen LogP contribution in [-0.2, 0) is 5.75 Å². The molecule has 28 heavy (non-hydrogen) atoms. The van der Waals surface area contributed by atoms with Crippen LogP contribution in [0.4, 0.5) is 8.78 Å². The van der Waals surface area contributed by atoms with E-state index in [1.807, 2.05) is 0 Å². The summed E-state index contributed by atoms with van der Waals surface area (Å²) in [5.41, 5.74) is 0.536. The molecule has 4 rings (SSSR count). The predicted molar refractivity (Wildman–Crippen MR) is 93.3 cm³/mol. The Labute approximate surface area is 160 Å². The molecule has 0 saturated carbocycles. The summed E-state index contributed by atoms with van der Waals surface area (Å²) in [5.74, 6) is 1.57. The number of halogens is 2.